The van der Waals surface area contributed by atoms with E-state index in [1.54, 1.807) is 68.6 Å². The van der Waals surface area contributed by atoms with E-state index in [9.17, 15) is 19.2 Å². The van der Waals surface area contributed by atoms with Gasteiger partial charge in [-0.2, -0.15) is 14.2 Å². The van der Waals surface area contributed by atoms with Crippen LogP contribution in [0.25, 0.3) is 17.3 Å². The Morgan fingerprint density at radius 3 is 1.74 bits per heavy atom. The van der Waals surface area contributed by atoms with Crippen molar-refractivity contribution < 1.29 is 28.5 Å². The van der Waals surface area contributed by atoms with Crippen LogP contribution < -0.4 is 54.2 Å². The zero-order valence-electron chi connectivity index (χ0n) is 37.1. The molecular formula is C44H48Cl3N13O8. The monoisotopic (exact) mass is 991 g/mol. The molecule has 4 heterocycles. The van der Waals surface area contributed by atoms with Gasteiger partial charge in [-0.25, -0.2) is 9.97 Å². The Balaban J connectivity index is 0.000000216. The number of hydrogen-bond acceptors (Lipinski definition) is 16. The van der Waals surface area contributed by atoms with Crippen LogP contribution in [-0.4, -0.2) is 65.2 Å². The van der Waals surface area contributed by atoms with Crippen molar-refractivity contribution in [1.82, 2.24) is 34.2 Å². The lowest BCUT2D eigenvalue weighted by molar-refractivity contribution is -0.145. The predicted octanol–water partition coefficient (Wildman–Crippen LogP) is 4.78. The summed E-state index contributed by atoms with van der Waals surface area (Å²) in [6.07, 6.45) is 1.39. The first kappa shape index (κ1) is 52.7. The number of carbonyl (C=O) groups is 2. The van der Waals surface area contributed by atoms with Gasteiger partial charge in [0, 0.05) is 50.1 Å². The van der Waals surface area contributed by atoms with Crippen molar-refractivity contribution in [2.45, 2.75) is 47.3 Å². The second-order valence-corrected chi connectivity index (χ2v) is 15.1. The number of hydrazone groups is 1. The molecule has 358 valence electrons. The zero-order chi connectivity index (χ0) is 49.9. The number of fused-ring (bicyclic) bond motifs is 1. The molecule has 0 bridgehead atoms. The number of ether oxygens (including phenoxy) is 4. The summed E-state index contributed by atoms with van der Waals surface area (Å²) in [5.74, 6) is 11.4. The molecule has 0 spiro atoms. The molecule has 68 heavy (non-hydrogen) atoms. The molecule has 0 unspecified atom stereocenters. The van der Waals surface area contributed by atoms with Crippen LogP contribution in [0.1, 0.15) is 41.4 Å². The Hall–Kier alpha value is -7.88. The lowest BCUT2D eigenvalue weighted by Crippen LogP contribution is -2.31. The summed E-state index contributed by atoms with van der Waals surface area (Å²) in [4.78, 5) is 63.2. The van der Waals surface area contributed by atoms with Crippen LogP contribution in [0.2, 0.25) is 15.1 Å². The SMILES string of the molecule is CCOC(=O)CC(=O)COc1cccc(Cl)c1C.Cc1c(Cl)cccc1OCc1cc(=O)n(N)c(N)n1.Cc1c(Cl)cccc1OCc1cc(=O)n2[nH]c(-c3ccccn3)nc2n1.NN=C(N)N. The second kappa shape index (κ2) is 25.7. The Bertz CT molecular complexity index is 2980. The predicted molar refractivity (Wildman–Crippen MR) is 259 cm³/mol. The van der Waals surface area contributed by atoms with Crippen molar-refractivity contribution in [3.8, 4) is 28.8 Å². The maximum atomic E-state index is 12.3. The van der Waals surface area contributed by atoms with Gasteiger partial charge < -0.3 is 47.8 Å². The van der Waals surface area contributed by atoms with Crippen molar-refractivity contribution >= 4 is 64.2 Å². The fraction of sp³-hybridized carbons (Fsp3) is 0.205. The van der Waals surface area contributed by atoms with Gasteiger partial charge in [-0.05, 0) is 76.2 Å². The van der Waals surface area contributed by atoms with E-state index in [0.29, 0.717) is 55.2 Å². The first-order valence-corrected chi connectivity index (χ1v) is 21.2. The number of pyridine rings is 1. The Labute approximate surface area is 403 Å². The maximum absolute atomic E-state index is 12.3. The van der Waals surface area contributed by atoms with Crippen LogP contribution in [0.5, 0.6) is 17.2 Å². The number of ketones is 1. The number of H-pyrrole nitrogens is 1. The lowest BCUT2D eigenvalue weighted by Gasteiger charge is -2.10. The number of hydrogen-bond donors (Lipinski definition) is 6. The lowest BCUT2D eigenvalue weighted by atomic mass is 10.2. The number of halogens is 3. The number of anilines is 1. The topological polar surface area (TPSA) is 324 Å². The molecule has 0 aliphatic rings. The molecule has 0 fully saturated rings. The van der Waals surface area contributed by atoms with Crippen LogP contribution in [0.4, 0.5) is 5.95 Å². The van der Waals surface area contributed by atoms with E-state index in [0.717, 1.165) is 21.4 Å². The zero-order valence-corrected chi connectivity index (χ0v) is 39.4. The highest BCUT2D eigenvalue weighted by atomic mass is 35.5. The minimum Gasteiger partial charge on any atom is -0.487 e. The molecule has 7 aromatic rings. The quantitative estimate of drug-likeness (QED) is 0.0226. The van der Waals surface area contributed by atoms with E-state index in [2.05, 4.69) is 40.7 Å². The van der Waals surface area contributed by atoms with E-state index in [-0.39, 0.29) is 61.9 Å². The first-order valence-electron chi connectivity index (χ1n) is 20.1. The maximum Gasteiger partial charge on any atom is 0.313 e. The number of rotatable bonds is 13. The summed E-state index contributed by atoms with van der Waals surface area (Å²) in [7, 11) is 0. The van der Waals surface area contributed by atoms with Crippen molar-refractivity contribution in [3.63, 3.8) is 0 Å². The third-order valence-corrected chi connectivity index (χ3v) is 10.1. The van der Waals surface area contributed by atoms with Crippen LogP contribution in [0.15, 0.2) is 106 Å². The Morgan fingerprint density at radius 2 is 1.25 bits per heavy atom. The summed E-state index contributed by atoms with van der Waals surface area (Å²) in [5.41, 5.74) is 18.1. The smallest absolute Gasteiger partial charge is 0.313 e. The van der Waals surface area contributed by atoms with Crippen LogP contribution >= 0.6 is 34.8 Å². The van der Waals surface area contributed by atoms with Crippen molar-refractivity contribution in [1.29, 1.82) is 0 Å². The fourth-order valence-corrected chi connectivity index (χ4v) is 5.87. The molecule has 0 radical (unpaired) electrons. The fourth-order valence-electron chi connectivity index (χ4n) is 5.37. The molecule has 0 saturated heterocycles. The summed E-state index contributed by atoms with van der Waals surface area (Å²) >= 11 is 18.0. The number of Topliss-reactive ketones (excluding diaryl/α,β-unsaturated/α-hetero) is 1. The number of aromatic nitrogens is 7. The van der Waals surface area contributed by atoms with E-state index in [1.807, 2.05) is 38.1 Å². The number of nitrogens with one attached hydrogen (secondary N) is 1. The molecule has 24 heteroatoms. The number of benzene rings is 3. The Kier molecular flexibility index (Phi) is 19.9. The van der Waals surface area contributed by atoms with Gasteiger partial charge >= 0.3 is 5.97 Å². The summed E-state index contributed by atoms with van der Waals surface area (Å²) in [6, 6.07) is 24.1. The molecule has 7 rings (SSSR count). The minimum absolute atomic E-state index is 0.0612. The van der Waals surface area contributed by atoms with Gasteiger partial charge in [-0.3, -0.25) is 29.3 Å². The molecule has 0 saturated carbocycles. The number of nitrogen functional groups attached to an aromatic ring is 2. The van der Waals surface area contributed by atoms with Crippen molar-refractivity contribution in [2.75, 3.05) is 24.8 Å². The van der Waals surface area contributed by atoms with Gasteiger partial charge in [0.15, 0.2) is 11.6 Å². The number of esters is 1. The van der Waals surface area contributed by atoms with E-state index in [4.69, 9.17) is 72.1 Å². The number of guanidine groups is 1. The molecule has 0 amide bonds. The molecule has 11 N–H and O–H groups in total. The summed E-state index contributed by atoms with van der Waals surface area (Å²) in [6.45, 7) is 7.55. The van der Waals surface area contributed by atoms with E-state index >= 15 is 0 Å². The van der Waals surface area contributed by atoms with Gasteiger partial charge in [0.25, 0.3) is 16.9 Å². The molecular weight excluding hydrogens is 945 g/mol. The molecule has 4 aromatic heterocycles. The standard InChI is InChI=1S/C18H14ClN5O2.C13H15ClO4.C12H13ClN4O2.CH6N4/c1-11-13(19)5-4-7-15(11)26-10-12-9-16(25)24-18(21-12)22-17(23-24)14-6-2-3-8-20-14;1-3-17-13(16)7-10(15)8-18-12-6-4-5-11(14)9(12)2;1-7-9(13)3-2-4-10(7)19-6-8-5-11(18)17(15)12(14)16-8;2-1(3)5-4/h2-9H,10H2,1H3,(H,21,22,23);4-6H,3,7-8H2,1-2H3;2-5H,6,15H2,1H3,(H2,14,16);4H2,(H4,2,3,5). The number of carbonyl (C=O) groups excluding carboxylic acids is 2. The van der Waals surface area contributed by atoms with Gasteiger partial charge in [-0.1, -0.05) is 59.1 Å². The molecule has 0 aliphatic heterocycles. The average molecular weight is 993 g/mol. The van der Waals surface area contributed by atoms with E-state index in [1.165, 1.54) is 16.6 Å². The van der Waals surface area contributed by atoms with Gasteiger partial charge in [0.05, 0.1) is 18.0 Å². The molecule has 21 nitrogen and oxygen atoms in total. The van der Waals surface area contributed by atoms with Crippen molar-refractivity contribution in [3.05, 3.63) is 155 Å². The highest BCUT2D eigenvalue weighted by Crippen LogP contribution is 2.27. The second-order valence-electron chi connectivity index (χ2n) is 13.9. The van der Waals surface area contributed by atoms with Gasteiger partial charge in [-0.15, -0.1) is 5.10 Å². The number of nitrogens with two attached hydrogens (primary N) is 5. The third kappa shape index (κ3) is 15.6. The van der Waals surface area contributed by atoms with Gasteiger partial charge in [0.2, 0.25) is 11.9 Å². The number of aromatic amines is 1. The Morgan fingerprint density at radius 1 is 0.735 bits per heavy atom. The molecule has 3 aromatic carbocycles. The highest BCUT2D eigenvalue weighted by molar-refractivity contribution is 6.32. The van der Waals surface area contributed by atoms with Crippen LogP contribution in [-0.2, 0) is 27.5 Å². The molecule has 0 atom stereocenters. The number of nitrogens with zero attached hydrogens (tertiary/aromatic N) is 7. The summed E-state index contributed by atoms with van der Waals surface area (Å²) in [5, 5.41) is 7.58. The van der Waals surface area contributed by atoms with E-state index < -0.39 is 11.5 Å². The molecule has 0 aliphatic carbocycles. The van der Waals surface area contributed by atoms with Gasteiger partial charge in [0.1, 0.15) is 49.2 Å². The van der Waals surface area contributed by atoms with Crippen molar-refractivity contribution in [2.24, 2.45) is 22.4 Å². The average Bonchev–Trinajstić information content (AvgIpc) is 3.76. The van der Waals surface area contributed by atoms with Crippen LogP contribution in [0.3, 0.4) is 0 Å². The summed E-state index contributed by atoms with van der Waals surface area (Å²) < 4.78 is 23.4. The normalized spacial score (nSPS) is 10.2. The minimum atomic E-state index is -0.533. The largest absolute Gasteiger partial charge is 0.487 e. The highest BCUT2D eigenvalue weighted by Gasteiger charge is 2.14. The van der Waals surface area contributed by atoms with Crippen LogP contribution in [0, 0.1) is 20.8 Å². The first-order chi connectivity index (χ1) is 32.4. The third-order valence-electron chi connectivity index (χ3n) is 8.91.